The van der Waals surface area contributed by atoms with Crippen molar-refractivity contribution in [1.82, 2.24) is 5.43 Å². The summed E-state index contributed by atoms with van der Waals surface area (Å²) in [5.41, 5.74) is 3.42. The van der Waals surface area contributed by atoms with Crippen molar-refractivity contribution in [2.45, 2.75) is 25.5 Å². The average Bonchev–Trinajstić information content (AvgIpc) is 2.80. The topological polar surface area (TPSA) is 60.4 Å². The number of hydrogen-bond donors (Lipinski definition) is 2. The Kier molecular flexibility index (Phi) is 4.24. The first-order chi connectivity index (χ1) is 8.71. The molecule has 3 N–H and O–H groups in total. The summed E-state index contributed by atoms with van der Waals surface area (Å²) in [6.45, 7) is 2.04. The number of hydrogen-bond acceptors (Lipinski definition) is 4. The van der Waals surface area contributed by atoms with Gasteiger partial charge in [0.15, 0.2) is 5.58 Å². The third-order valence-electron chi connectivity index (χ3n) is 3.08. The van der Waals surface area contributed by atoms with Gasteiger partial charge in [-0.05, 0) is 18.6 Å². The van der Waals surface area contributed by atoms with E-state index >= 15 is 0 Å². The Morgan fingerprint density at radius 2 is 2.28 bits per heavy atom. The molecular formula is C13H17ClN2O2. The van der Waals surface area contributed by atoms with Gasteiger partial charge >= 0.3 is 0 Å². The highest BCUT2D eigenvalue weighted by Gasteiger charge is 2.24. The van der Waals surface area contributed by atoms with E-state index in [2.05, 4.69) is 5.43 Å². The zero-order chi connectivity index (χ0) is 13.1. The fourth-order valence-corrected chi connectivity index (χ4v) is 2.33. The SMILES string of the molecule is CCC(OC)C(NN)c1cc2cccc(Cl)c2o1. The number of fused-ring (bicyclic) bond motifs is 1. The maximum absolute atomic E-state index is 6.09. The first-order valence-electron chi connectivity index (χ1n) is 5.88. The molecule has 2 atom stereocenters. The lowest BCUT2D eigenvalue weighted by Gasteiger charge is -2.22. The minimum atomic E-state index is -0.191. The van der Waals surface area contributed by atoms with Crippen LogP contribution in [0.1, 0.15) is 25.1 Å². The van der Waals surface area contributed by atoms with Gasteiger partial charge in [-0.15, -0.1) is 0 Å². The van der Waals surface area contributed by atoms with E-state index in [0.29, 0.717) is 10.6 Å². The van der Waals surface area contributed by atoms with E-state index < -0.39 is 0 Å². The molecule has 1 heterocycles. The summed E-state index contributed by atoms with van der Waals surface area (Å²) in [4.78, 5) is 0. The molecule has 0 aliphatic carbocycles. The van der Waals surface area contributed by atoms with Crippen molar-refractivity contribution >= 4 is 22.6 Å². The molecule has 4 nitrogen and oxygen atoms in total. The van der Waals surface area contributed by atoms with E-state index in [0.717, 1.165) is 17.6 Å². The minimum absolute atomic E-state index is 0.0469. The summed E-state index contributed by atoms with van der Waals surface area (Å²) < 4.78 is 11.2. The third kappa shape index (κ3) is 2.37. The van der Waals surface area contributed by atoms with E-state index in [-0.39, 0.29) is 12.1 Å². The Hall–Kier alpha value is -1.07. The number of rotatable bonds is 5. The molecule has 0 radical (unpaired) electrons. The smallest absolute Gasteiger partial charge is 0.152 e. The Morgan fingerprint density at radius 1 is 1.50 bits per heavy atom. The number of benzene rings is 1. The lowest BCUT2D eigenvalue weighted by molar-refractivity contribution is 0.0585. The van der Waals surface area contributed by atoms with Crippen molar-refractivity contribution in [3.63, 3.8) is 0 Å². The highest BCUT2D eigenvalue weighted by atomic mass is 35.5. The van der Waals surface area contributed by atoms with Crippen LogP contribution in [0, 0.1) is 0 Å². The first kappa shape index (κ1) is 13.4. The Labute approximate surface area is 111 Å². The number of ether oxygens (including phenoxy) is 1. The number of methoxy groups -OCH3 is 1. The van der Waals surface area contributed by atoms with Gasteiger partial charge in [-0.25, -0.2) is 5.43 Å². The molecule has 0 saturated carbocycles. The summed E-state index contributed by atoms with van der Waals surface area (Å²) in [5.74, 6) is 6.32. The quantitative estimate of drug-likeness (QED) is 0.646. The normalized spacial score (nSPS) is 14.9. The van der Waals surface area contributed by atoms with E-state index in [1.54, 1.807) is 13.2 Å². The van der Waals surface area contributed by atoms with E-state index in [4.69, 9.17) is 26.6 Å². The first-order valence-corrected chi connectivity index (χ1v) is 6.26. The van der Waals surface area contributed by atoms with Gasteiger partial charge in [-0.1, -0.05) is 30.7 Å². The molecule has 2 rings (SSSR count). The van der Waals surface area contributed by atoms with Crippen molar-refractivity contribution in [2.24, 2.45) is 5.84 Å². The van der Waals surface area contributed by atoms with Gasteiger partial charge in [-0.2, -0.15) is 0 Å². The number of nitrogens with two attached hydrogens (primary N) is 1. The van der Waals surface area contributed by atoms with Gasteiger partial charge in [0.05, 0.1) is 11.1 Å². The van der Waals surface area contributed by atoms with Crippen LogP contribution >= 0.6 is 11.6 Å². The highest BCUT2D eigenvalue weighted by molar-refractivity contribution is 6.34. The van der Waals surface area contributed by atoms with Crippen LogP contribution in [0.5, 0.6) is 0 Å². The van der Waals surface area contributed by atoms with Gasteiger partial charge in [0, 0.05) is 12.5 Å². The summed E-state index contributed by atoms with van der Waals surface area (Å²) in [6.07, 6.45) is 0.783. The third-order valence-corrected chi connectivity index (χ3v) is 3.38. The lowest BCUT2D eigenvalue weighted by atomic mass is 10.1. The summed E-state index contributed by atoms with van der Waals surface area (Å²) in [5, 5.41) is 1.56. The fourth-order valence-electron chi connectivity index (χ4n) is 2.11. The predicted octanol–water partition coefficient (Wildman–Crippen LogP) is 3.02. The van der Waals surface area contributed by atoms with Crippen LogP contribution in [0.4, 0.5) is 0 Å². The largest absolute Gasteiger partial charge is 0.458 e. The molecule has 0 aliphatic heterocycles. The van der Waals surface area contributed by atoms with Crippen LogP contribution in [0.25, 0.3) is 11.0 Å². The van der Waals surface area contributed by atoms with E-state index in [1.807, 2.05) is 25.1 Å². The summed E-state index contributed by atoms with van der Waals surface area (Å²) >= 11 is 6.09. The molecule has 0 spiro atoms. The molecule has 0 fully saturated rings. The Morgan fingerprint density at radius 3 is 2.83 bits per heavy atom. The molecule has 2 aromatic rings. The molecule has 0 bridgehead atoms. The number of para-hydroxylation sites is 1. The maximum Gasteiger partial charge on any atom is 0.152 e. The highest BCUT2D eigenvalue weighted by Crippen LogP contribution is 2.31. The zero-order valence-electron chi connectivity index (χ0n) is 10.4. The number of furan rings is 1. The zero-order valence-corrected chi connectivity index (χ0v) is 11.2. The molecule has 18 heavy (non-hydrogen) atoms. The van der Waals surface area contributed by atoms with Gasteiger partial charge < -0.3 is 9.15 Å². The van der Waals surface area contributed by atoms with Crippen LogP contribution in [0.3, 0.4) is 0 Å². The van der Waals surface area contributed by atoms with Crippen LogP contribution in [0.15, 0.2) is 28.7 Å². The standard InChI is InChI=1S/C13H17ClN2O2/c1-3-10(17-2)12(16-15)11-7-8-5-4-6-9(14)13(8)18-11/h4-7,10,12,16H,3,15H2,1-2H3. The monoisotopic (exact) mass is 268 g/mol. The number of hydrazine groups is 1. The van der Waals surface area contributed by atoms with Crippen LogP contribution < -0.4 is 11.3 Å². The van der Waals surface area contributed by atoms with Crippen molar-refractivity contribution in [2.75, 3.05) is 7.11 Å². The summed E-state index contributed by atoms with van der Waals surface area (Å²) in [7, 11) is 1.66. The molecule has 0 aliphatic rings. The average molecular weight is 269 g/mol. The van der Waals surface area contributed by atoms with Gasteiger partial charge in [0.25, 0.3) is 0 Å². The summed E-state index contributed by atoms with van der Waals surface area (Å²) in [6, 6.07) is 7.39. The number of nitrogens with one attached hydrogen (secondary N) is 1. The fraction of sp³-hybridized carbons (Fsp3) is 0.385. The second-order valence-corrected chi connectivity index (χ2v) is 4.54. The van der Waals surface area contributed by atoms with Gasteiger partial charge in [0.1, 0.15) is 11.8 Å². The number of halogens is 1. The van der Waals surface area contributed by atoms with Crippen LogP contribution in [-0.2, 0) is 4.74 Å². The molecule has 98 valence electrons. The predicted molar refractivity (Wildman–Crippen MR) is 72.4 cm³/mol. The van der Waals surface area contributed by atoms with Gasteiger partial charge in [-0.3, -0.25) is 5.84 Å². The Bertz CT molecular complexity index is 523. The molecule has 1 aromatic carbocycles. The van der Waals surface area contributed by atoms with Crippen molar-refractivity contribution < 1.29 is 9.15 Å². The molecule has 0 saturated heterocycles. The maximum atomic E-state index is 6.09. The van der Waals surface area contributed by atoms with Gasteiger partial charge in [0.2, 0.25) is 0 Å². The molecule has 5 heteroatoms. The lowest BCUT2D eigenvalue weighted by Crippen LogP contribution is -2.37. The molecular weight excluding hydrogens is 252 g/mol. The van der Waals surface area contributed by atoms with Crippen molar-refractivity contribution in [1.29, 1.82) is 0 Å². The second-order valence-electron chi connectivity index (χ2n) is 4.13. The Balaban J connectivity index is 2.42. The van der Waals surface area contributed by atoms with Crippen LogP contribution in [0.2, 0.25) is 5.02 Å². The molecule has 2 unspecified atom stereocenters. The van der Waals surface area contributed by atoms with E-state index in [1.165, 1.54) is 0 Å². The molecule has 1 aromatic heterocycles. The van der Waals surface area contributed by atoms with Crippen molar-refractivity contribution in [3.05, 3.63) is 35.0 Å². The van der Waals surface area contributed by atoms with Crippen molar-refractivity contribution in [3.8, 4) is 0 Å². The molecule has 0 amide bonds. The van der Waals surface area contributed by atoms with E-state index in [9.17, 15) is 0 Å². The minimum Gasteiger partial charge on any atom is -0.458 e. The second kappa shape index (κ2) is 5.71. The van der Waals surface area contributed by atoms with Crippen LogP contribution in [-0.4, -0.2) is 13.2 Å².